The molecule has 4 unspecified atom stereocenters. The fourth-order valence-electron chi connectivity index (χ4n) is 14.5. The van der Waals surface area contributed by atoms with Crippen molar-refractivity contribution >= 4 is 45.0 Å². The van der Waals surface area contributed by atoms with E-state index < -0.39 is 11.6 Å². The van der Waals surface area contributed by atoms with E-state index in [0.29, 0.717) is 82.3 Å². The highest BCUT2D eigenvalue weighted by molar-refractivity contribution is 6.31. The van der Waals surface area contributed by atoms with Gasteiger partial charge in [-0.3, -0.25) is 19.8 Å². The molecule has 18 heteroatoms. The summed E-state index contributed by atoms with van der Waals surface area (Å²) in [7, 11) is 1.60. The Morgan fingerprint density at radius 2 is 1.08 bits per heavy atom. The Morgan fingerprint density at radius 3 is 1.54 bits per heavy atom. The predicted molar refractivity (Wildman–Crippen MR) is 292 cm³/mol. The third-order valence-corrected chi connectivity index (χ3v) is 18.6. The molecule has 0 saturated carbocycles. The van der Waals surface area contributed by atoms with E-state index in [9.17, 15) is 0 Å². The van der Waals surface area contributed by atoms with Gasteiger partial charge in [-0.15, -0.1) is 0 Å². The van der Waals surface area contributed by atoms with E-state index >= 15 is 8.78 Å². The second kappa shape index (κ2) is 20.3. The number of rotatable bonds is 12. The normalized spacial score (nSPS) is 24.3. The van der Waals surface area contributed by atoms with Crippen molar-refractivity contribution < 1.29 is 23.0 Å². The summed E-state index contributed by atoms with van der Waals surface area (Å²) in [6, 6.07) is 13.4. The summed E-state index contributed by atoms with van der Waals surface area (Å²) in [6.45, 7) is 12.9. The Morgan fingerprint density at radius 1 is 0.632 bits per heavy atom. The lowest BCUT2D eigenvalue weighted by molar-refractivity contribution is 0.108. The van der Waals surface area contributed by atoms with Gasteiger partial charge < -0.3 is 34.6 Å². The number of aromatic nitrogens is 6. The Labute approximate surface area is 448 Å². The number of methoxy groups -OCH3 is 1. The van der Waals surface area contributed by atoms with Crippen molar-refractivity contribution in [2.45, 2.75) is 133 Å². The van der Waals surface area contributed by atoms with Crippen molar-refractivity contribution in [3.8, 4) is 40.3 Å². The van der Waals surface area contributed by atoms with E-state index in [-0.39, 0.29) is 45.5 Å². The molecule has 0 spiro atoms. The van der Waals surface area contributed by atoms with Gasteiger partial charge in [0.1, 0.15) is 53.0 Å². The molecular formula is C58H69ClF2N12O3. The van der Waals surface area contributed by atoms with E-state index in [2.05, 4.69) is 50.2 Å². The SMILES string of the molecule is CCc1c(Cl)cccc1-c1ncc2c(N3CC4CCC(C3)N4)nc(OCC34CCCN3CCC4)nc2c1F.COc1c(C)cccc1-c1ncc2c(N3CC4CCC(C3)N4)nc(OCC34CCCN3CCC4)nc2c1F. The Balaban J connectivity index is 0.000000146. The predicted octanol–water partition coefficient (Wildman–Crippen LogP) is 9.09. The number of para-hydroxylation sites is 1. The second-order valence-electron chi connectivity index (χ2n) is 22.8. The molecule has 400 valence electrons. The highest BCUT2D eigenvalue weighted by atomic mass is 35.5. The Kier molecular flexibility index (Phi) is 13.4. The monoisotopic (exact) mass is 1050 g/mol. The minimum atomic E-state index is -0.473. The number of piperazine rings is 2. The summed E-state index contributed by atoms with van der Waals surface area (Å²) in [6.07, 6.45) is 18.0. The van der Waals surface area contributed by atoms with Crippen LogP contribution in [0.3, 0.4) is 0 Å². The van der Waals surface area contributed by atoms with Gasteiger partial charge in [0.05, 0.1) is 29.0 Å². The van der Waals surface area contributed by atoms with E-state index in [0.717, 1.165) is 121 Å². The molecule has 4 bridgehead atoms. The number of hydrogen-bond acceptors (Lipinski definition) is 15. The minimum absolute atomic E-state index is 0.0590. The first-order chi connectivity index (χ1) is 37.1. The van der Waals surface area contributed by atoms with Crippen LogP contribution in [0.5, 0.6) is 17.8 Å². The number of ether oxygens (including phenoxy) is 3. The minimum Gasteiger partial charge on any atom is -0.496 e. The number of nitrogens with zero attached hydrogens (tertiary/aromatic N) is 10. The Hall–Kier alpha value is -5.59. The molecule has 4 aromatic heterocycles. The maximum atomic E-state index is 16.4. The van der Waals surface area contributed by atoms with Gasteiger partial charge in [0.15, 0.2) is 11.6 Å². The van der Waals surface area contributed by atoms with E-state index in [1.807, 2.05) is 50.2 Å². The number of aryl methyl sites for hydroxylation is 1. The van der Waals surface area contributed by atoms with Crippen molar-refractivity contribution in [1.82, 2.24) is 50.3 Å². The lowest BCUT2D eigenvalue weighted by atomic mass is 9.95. The number of anilines is 2. The van der Waals surface area contributed by atoms with Crippen LogP contribution >= 0.6 is 11.6 Å². The second-order valence-corrected chi connectivity index (χ2v) is 23.2. The van der Waals surface area contributed by atoms with Gasteiger partial charge in [-0.25, -0.2) is 8.78 Å². The molecule has 15 nitrogen and oxygen atoms in total. The number of nitrogens with one attached hydrogen (secondary N) is 2. The van der Waals surface area contributed by atoms with Gasteiger partial charge in [0.25, 0.3) is 0 Å². The molecule has 8 fully saturated rings. The van der Waals surface area contributed by atoms with Crippen LogP contribution in [-0.2, 0) is 6.42 Å². The van der Waals surface area contributed by atoms with Crippen molar-refractivity contribution in [2.24, 2.45) is 0 Å². The zero-order valence-corrected chi connectivity index (χ0v) is 44.8. The van der Waals surface area contributed by atoms with E-state index in [1.54, 1.807) is 19.5 Å². The molecule has 4 atom stereocenters. The molecule has 12 heterocycles. The average Bonchev–Trinajstić information content (AvgIpc) is 4.31. The molecule has 76 heavy (non-hydrogen) atoms. The summed E-state index contributed by atoms with van der Waals surface area (Å²) in [5.74, 6) is 1.12. The molecule has 2 N–H and O–H groups in total. The number of benzene rings is 2. The first kappa shape index (κ1) is 49.9. The van der Waals surface area contributed by atoms with Gasteiger partial charge >= 0.3 is 12.0 Å². The summed E-state index contributed by atoms with van der Waals surface area (Å²) >= 11 is 6.47. The summed E-state index contributed by atoms with van der Waals surface area (Å²) in [4.78, 5) is 38.0. The summed E-state index contributed by atoms with van der Waals surface area (Å²) in [5, 5.41) is 9.21. The summed E-state index contributed by atoms with van der Waals surface area (Å²) in [5.41, 5.74) is 4.24. The molecule has 0 amide bonds. The van der Waals surface area contributed by atoms with Crippen LogP contribution in [0.1, 0.15) is 95.1 Å². The molecular weight excluding hydrogens is 986 g/mol. The fraction of sp³-hybridized carbons (Fsp3) is 0.552. The van der Waals surface area contributed by atoms with Crippen LogP contribution in [0.2, 0.25) is 5.02 Å². The molecule has 2 aromatic carbocycles. The zero-order chi connectivity index (χ0) is 51.7. The van der Waals surface area contributed by atoms with Crippen LogP contribution in [0.15, 0.2) is 48.8 Å². The van der Waals surface area contributed by atoms with Crippen LogP contribution in [0.4, 0.5) is 20.4 Å². The topological polar surface area (TPSA) is 142 Å². The molecule has 6 aromatic rings. The summed E-state index contributed by atoms with van der Waals surface area (Å²) < 4.78 is 51.0. The largest absolute Gasteiger partial charge is 0.496 e. The number of fused-ring (bicyclic) bond motifs is 8. The maximum absolute atomic E-state index is 16.4. The molecule has 0 radical (unpaired) electrons. The average molecular weight is 1060 g/mol. The molecule has 0 aliphatic carbocycles. The van der Waals surface area contributed by atoms with Crippen LogP contribution in [0.25, 0.3) is 44.3 Å². The zero-order valence-electron chi connectivity index (χ0n) is 44.0. The number of hydrogen-bond donors (Lipinski definition) is 2. The molecule has 8 aliphatic heterocycles. The van der Waals surface area contributed by atoms with Gasteiger partial charge in [0, 0.05) is 78.9 Å². The van der Waals surface area contributed by atoms with E-state index in [1.165, 1.54) is 25.7 Å². The van der Waals surface area contributed by atoms with Crippen LogP contribution in [0, 0.1) is 18.6 Å². The van der Waals surface area contributed by atoms with Crippen molar-refractivity contribution in [2.75, 3.05) is 82.5 Å². The highest BCUT2D eigenvalue weighted by Crippen LogP contribution is 2.43. The lowest BCUT2D eigenvalue weighted by Gasteiger charge is -2.34. The molecule has 8 aliphatic rings. The third kappa shape index (κ3) is 8.95. The number of pyridine rings is 2. The first-order valence-electron chi connectivity index (χ1n) is 28.0. The first-order valence-corrected chi connectivity index (χ1v) is 28.4. The van der Waals surface area contributed by atoms with Crippen molar-refractivity contribution in [3.05, 3.63) is 76.6 Å². The third-order valence-electron chi connectivity index (χ3n) is 18.3. The lowest BCUT2D eigenvalue weighted by Crippen LogP contribution is -2.51. The smallest absolute Gasteiger partial charge is 0.319 e. The van der Waals surface area contributed by atoms with Crippen molar-refractivity contribution in [3.63, 3.8) is 0 Å². The van der Waals surface area contributed by atoms with Gasteiger partial charge in [0.2, 0.25) is 0 Å². The highest BCUT2D eigenvalue weighted by Gasteiger charge is 2.47. The van der Waals surface area contributed by atoms with Gasteiger partial charge in [-0.2, -0.15) is 19.9 Å². The maximum Gasteiger partial charge on any atom is 0.319 e. The van der Waals surface area contributed by atoms with Gasteiger partial charge in [-0.05, 0) is 140 Å². The van der Waals surface area contributed by atoms with Crippen LogP contribution in [-0.4, -0.2) is 148 Å². The van der Waals surface area contributed by atoms with Gasteiger partial charge in [-0.1, -0.05) is 42.8 Å². The molecule has 14 rings (SSSR count). The number of halogens is 3. The van der Waals surface area contributed by atoms with Crippen LogP contribution < -0.4 is 34.6 Å². The quantitative estimate of drug-likeness (QED) is 0.120. The van der Waals surface area contributed by atoms with Crippen molar-refractivity contribution in [1.29, 1.82) is 0 Å². The van der Waals surface area contributed by atoms with E-state index in [4.69, 9.17) is 35.8 Å². The fourth-order valence-corrected chi connectivity index (χ4v) is 14.8. The molecule has 8 saturated heterocycles. The Bertz CT molecular complexity index is 2930. The standard InChI is InChI=1S/C29H34ClFN6O.C29H35FN6O2/c1-2-20-21(6-3-7-23(20)30)25-24(31)26-22(14-32-25)27(36-15-18-8-9-19(16-36)33-18)35-28(34-26)38-17-29-10-4-12-37(29)13-5-11-29;1-18-6-3-7-21(26(18)37-2)24-23(30)25-22(14-31-24)27(35-15-19-8-9-20(16-35)32-19)34-28(33-25)38-17-29-10-4-12-36(29)13-5-11-29/h3,6-7,14,18-19,33H,2,4-5,8-13,15-17H2,1H3;3,6-7,14,19-20,32H,4-5,8-13,15-17H2,1-2H3.